The zero-order valence-corrected chi connectivity index (χ0v) is 13.9. The van der Waals surface area contributed by atoms with E-state index < -0.39 is 0 Å². The van der Waals surface area contributed by atoms with Crippen LogP contribution in [0, 0.1) is 6.92 Å². The maximum atomic E-state index is 9.07. The van der Waals surface area contributed by atoms with Crippen LogP contribution in [0.2, 0.25) is 0 Å². The monoisotopic (exact) mass is 322 g/mol. The minimum Gasteiger partial charge on any atom is -0.396 e. The Morgan fingerprint density at radius 1 is 1.21 bits per heavy atom. The summed E-state index contributed by atoms with van der Waals surface area (Å²) in [5.41, 5.74) is 6.63. The van der Waals surface area contributed by atoms with Gasteiger partial charge in [0.05, 0.1) is 5.69 Å². The molecule has 5 heteroatoms. The fourth-order valence-electron chi connectivity index (χ4n) is 3.55. The Morgan fingerprint density at radius 3 is 2.83 bits per heavy atom. The van der Waals surface area contributed by atoms with Crippen LogP contribution in [-0.4, -0.2) is 32.9 Å². The number of aliphatic hydroxyl groups excluding tert-OH is 1. The number of hydrogen-bond donors (Lipinski definition) is 2. The average molecular weight is 322 g/mol. The van der Waals surface area contributed by atoms with E-state index in [2.05, 4.69) is 17.4 Å². The number of fused-ring (bicyclic) bond motifs is 2. The van der Waals surface area contributed by atoms with Gasteiger partial charge in [-0.2, -0.15) is 9.61 Å². The molecule has 0 bridgehead atoms. The van der Waals surface area contributed by atoms with Gasteiger partial charge in [0, 0.05) is 30.0 Å². The highest BCUT2D eigenvalue weighted by Gasteiger charge is 2.23. The summed E-state index contributed by atoms with van der Waals surface area (Å²) in [6, 6.07) is 10.3. The topological polar surface area (TPSA) is 62.5 Å². The number of anilines is 1. The van der Waals surface area contributed by atoms with Gasteiger partial charge in [0.25, 0.3) is 0 Å². The van der Waals surface area contributed by atoms with Crippen LogP contribution in [-0.2, 0) is 12.8 Å². The lowest BCUT2D eigenvalue weighted by Crippen LogP contribution is -2.12. The van der Waals surface area contributed by atoms with Crippen molar-refractivity contribution in [2.45, 2.75) is 32.6 Å². The van der Waals surface area contributed by atoms with E-state index in [4.69, 9.17) is 15.2 Å². The molecule has 2 N–H and O–H groups in total. The second-order valence-corrected chi connectivity index (χ2v) is 6.30. The minimum absolute atomic E-state index is 0.191. The molecule has 4 rings (SSSR count). The van der Waals surface area contributed by atoms with E-state index in [1.807, 2.05) is 29.6 Å². The first-order valence-corrected chi connectivity index (χ1v) is 8.61. The van der Waals surface area contributed by atoms with Crippen molar-refractivity contribution in [1.82, 2.24) is 14.6 Å². The largest absolute Gasteiger partial charge is 0.396 e. The smallest absolute Gasteiger partial charge is 0.165 e. The van der Waals surface area contributed by atoms with Gasteiger partial charge in [-0.25, -0.2) is 4.98 Å². The summed E-state index contributed by atoms with van der Waals surface area (Å²) in [5, 5.41) is 17.3. The molecule has 5 nitrogen and oxygen atoms in total. The number of aryl methyl sites for hydroxylation is 2. The lowest BCUT2D eigenvalue weighted by molar-refractivity contribution is 0.292. The van der Waals surface area contributed by atoms with E-state index >= 15 is 0 Å². The van der Waals surface area contributed by atoms with Gasteiger partial charge in [-0.15, -0.1) is 0 Å². The molecule has 0 saturated carbocycles. The van der Waals surface area contributed by atoms with Crippen molar-refractivity contribution in [3.8, 4) is 11.1 Å². The van der Waals surface area contributed by atoms with E-state index in [-0.39, 0.29) is 6.61 Å². The highest BCUT2D eigenvalue weighted by molar-refractivity contribution is 5.81. The molecular weight excluding hydrogens is 300 g/mol. The number of rotatable bonds is 5. The zero-order valence-electron chi connectivity index (χ0n) is 13.9. The Kier molecular flexibility index (Phi) is 3.94. The van der Waals surface area contributed by atoms with Crippen LogP contribution >= 0.6 is 0 Å². The first-order chi connectivity index (χ1) is 11.8. The molecule has 0 fully saturated rings. The lowest BCUT2D eigenvalue weighted by Gasteiger charge is -2.13. The summed E-state index contributed by atoms with van der Waals surface area (Å²) in [6.07, 6.45) is 3.94. The van der Waals surface area contributed by atoms with Gasteiger partial charge in [-0.1, -0.05) is 30.3 Å². The molecule has 0 amide bonds. The lowest BCUT2D eigenvalue weighted by atomic mass is 10.1. The van der Waals surface area contributed by atoms with E-state index in [0.29, 0.717) is 0 Å². The molecule has 0 radical (unpaired) electrons. The predicted octanol–water partition coefficient (Wildman–Crippen LogP) is 2.99. The maximum Gasteiger partial charge on any atom is 0.165 e. The molecule has 0 atom stereocenters. The molecule has 1 aliphatic rings. The van der Waals surface area contributed by atoms with Crippen LogP contribution in [0.25, 0.3) is 16.8 Å². The van der Waals surface area contributed by atoms with Crippen LogP contribution in [0.15, 0.2) is 30.3 Å². The number of aromatic nitrogens is 3. The molecule has 0 saturated heterocycles. The Morgan fingerprint density at radius 2 is 2.04 bits per heavy atom. The molecule has 1 aliphatic carbocycles. The van der Waals surface area contributed by atoms with Gasteiger partial charge in [-0.05, 0) is 38.2 Å². The van der Waals surface area contributed by atoms with Crippen LogP contribution < -0.4 is 5.32 Å². The summed E-state index contributed by atoms with van der Waals surface area (Å²) in [5.74, 6) is 1.05. The Balaban J connectivity index is 1.91. The first kappa shape index (κ1) is 15.1. The van der Waals surface area contributed by atoms with Crippen LogP contribution in [0.4, 0.5) is 5.82 Å². The molecule has 0 unspecified atom stereocenters. The standard InChI is InChI=1S/C19H22N4O/c1-13-17(14-7-3-2-4-8-14)19-21-16-10-5-9-15(16)18(23(19)22-13)20-11-6-12-24/h2-4,7-8,20,24H,5-6,9-12H2,1H3. The van der Waals surface area contributed by atoms with Crippen molar-refractivity contribution in [2.24, 2.45) is 0 Å². The van der Waals surface area contributed by atoms with Gasteiger partial charge >= 0.3 is 0 Å². The van der Waals surface area contributed by atoms with E-state index in [0.717, 1.165) is 60.5 Å². The minimum atomic E-state index is 0.191. The Labute approximate surface area is 141 Å². The molecule has 2 heterocycles. The average Bonchev–Trinajstić information content (AvgIpc) is 3.19. The molecule has 0 spiro atoms. The van der Waals surface area contributed by atoms with Crippen molar-refractivity contribution in [1.29, 1.82) is 0 Å². The summed E-state index contributed by atoms with van der Waals surface area (Å²) in [4.78, 5) is 4.95. The van der Waals surface area contributed by atoms with Crippen LogP contribution in [0.5, 0.6) is 0 Å². The van der Waals surface area contributed by atoms with E-state index in [1.54, 1.807) is 0 Å². The third-order valence-corrected chi connectivity index (χ3v) is 4.65. The number of benzene rings is 1. The predicted molar refractivity (Wildman–Crippen MR) is 95.4 cm³/mol. The molecule has 3 aromatic rings. The molecule has 2 aromatic heterocycles. The highest BCUT2D eigenvalue weighted by atomic mass is 16.3. The van der Waals surface area contributed by atoms with E-state index in [9.17, 15) is 0 Å². The van der Waals surface area contributed by atoms with Gasteiger partial charge in [0.1, 0.15) is 5.82 Å². The maximum absolute atomic E-state index is 9.07. The van der Waals surface area contributed by atoms with Crippen molar-refractivity contribution in [3.05, 3.63) is 47.3 Å². The van der Waals surface area contributed by atoms with Crippen LogP contribution in [0.1, 0.15) is 29.8 Å². The third kappa shape index (κ3) is 2.45. The molecule has 24 heavy (non-hydrogen) atoms. The van der Waals surface area contributed by atoms with Crippen molar-refractivity contribution >= 4 is 11.5 Å². The summed E-state index contributed by atoms with van der Waals surface area (Å²) < 4.78 is 1.96. The van der Waals surface area contributed by atoms with Crippen molar-refractivity contribution in [2.75, 3.05) is 18.5 Å². The summed E-state index contributed by atoms with van der Waals surface area (Å²) in [7, 11) is 0. The first-order valence-electron chi connectivity index (χ1n) is 8.61. The quantitative estimate of drug-likeness (QED) is 0.709. The van der Waals surface area contributed by atoms with Crippen molar-refractivity contribution < 1.29 is 5.11 Å². The molecule has 0 aliphatic heterocycles. The Bertz CT molecular complexity index is 870. The van der Waals surface area contributed by atoms with Gasteiger partial charge in [0.2, 0.25) is 0 Å². The fourth-order valence-corrected chi connectivity index (χ4v) is 3.55. The zero-order chi connectivity index (χ0) is 16.5. The van der Waals surface area contributed by atoms with Gasteiger partial charge in [0.15, 0.2) is 5.65 Å². The molecule has 1 aromatic carbocycles. The normalized spacial score (nSPS) is 13.4. The summed E-state index contributed by atoms with van der Waals surface area (Å²) in [6.45, 7) is 2.97. The fraction of sp³-hybridized carbons (Fsp3) is 0.368. The molecular formula is C19H22N4O. The number of aliphatic hydroxyl groups is 1. The number of hydrogen-bond acceptors (Lipinski definition) is 4. The Hall–Kier alpha value is -2.40. The third-order valence-electron chi connectivity index (χ3n) is 4.65. The second kappa shape index (κ2) is 6.24. The van der Waals surface area contributed by atoms with Gasteiger partial charge < -0.3 is 10.4 Å². The summed E-state index contributed by atoms with van der Waals surface area (Å²) >= 11 is 0. The van der Waals surface area contributed by atoms with Crippen molar-refractivity contribution in [3.63, 3.8) is 0 Å². The number of nitrogens with one attached hydrogen (secondary N) is 1. The number of nitrogens with zero attached hydrogens (tertiary/aromatic N) is 3. The molecule has 124 valence electrons. The van der Waals surface area contributed by atoms with Crippen LogP contribution in [0.3, 0.4) is 0 Å². The highest BCUT2D eigenvalue weighted by Crippen LogP contribution is 2.34. The van der Waals surface area contributed by atoms with E-state index in [1.165, 1.54) is 11.3 Å². The second-order valence-electron chi connectivity index (χ2n) is 6.30. The van der Waals surface area contributed by atoms with Gasteiger partial charge in [-0.3, -0.25) is 0 Å². The SMILES string of the molecule is Cc1nn2c(NCCCO)c3c(nc2c1-c1ccccc1)CCC3.